The third kappa shape index (κ3) is 3.67. The van der Waals surface area contributed by atoms with Gasteiger partial charge >= 0.3 is 0 Å². The molecule has 9 heavy (non-hydrogen) atoms. The second kappa shape index (κ2) is 4.04. The van der Waals surface area contributed by atoms with Crippen LogP contribution in [0.15, 0.2) is 36.7 Å². The summed E-state index contributed by atoms with van der Waals surface area (Å²) in [6.45, 7) is 6.14. The largest absolute Gasteiger partial charge is 0.392 e. The lowest BCUT2D eigenvalue weighted by molar-refractivity contribution is 0.334. The van der Waals surface area contributed by atoms with Crippen LogP contribution in [-0.2, 0) is 0 Å². The fraction of sp³-hybridized carbons (Fsp3) is 0.143. The van der Waals surface area contributed by atoms with Gasteiger partial charge in [-0.25, -0.2) is 4.39 Å². The van der Waals surface area contributed by atoms with E-state index >= 15 is 0 Å². The van der Waals surface area contributed by atoms with Crippen LogP contribution in [0.5, 0.6) is 0 Å². The van der Waals surface area contributed by atoms with E-state index in [1.807, 2.05) is 0 Å². The van der Waals surface area contributed by atoms with Crippen molar-refractivity contribution in [2.75, 3.05) is 6.61 Å². The highest BCUT2D eigenvalue weighted by Gasteiger charge is 1.87. The summed E-state index contributed by atoms with van der Waals surface area (Å²) in [7, 11) is 0. The van der Waals surface area contributed by atoms with Crippen LogP contribution in [0.1, 0.15) is 0 Å². The van der Waals surface area contributed by atoms with Crippen LogP contribution in [0.2, 0.25) is 0 Å². The van der Waals surface area contributed by atoms with Gasteiger partial charge in [-0.3, -0.25) is 0 Å². The van der Waals surface area contributed by atoms with E-state index in [1.54, 1.807) is 0 Å². The standard InChI is InChI=1S/C7H9FO/c1-3-7(5-9)4-6(2)8/h3-4,9H,1-2,5H2/b7-4+. The Morgan fingerprint density at radius 1 is 1.67 bits per heavy atom. The van der Waals surface area contributed by atoms with E-state index in [4.69, 9.17) is 5.11 Å². The Kier molecular flexibility index (Phi) is 3.64. The lowest BCUT2D eigenvalue weighted by atomic mass is 10.2. The molecule has 0 amide bonds. The molecular weight excluding hydrogens is 119 g/mol. The molecule has 0 radical (unpaired) electrons. The lowest BCUT2D eigenvalue weighted by Crippen LogP contribution is -1.84. The van der Waals surface area contributed by atoms with Crippen molar-refractivity contribution >= 4 is 0 Å². The van der Waals surface area contributed by atoms with Crippen molar-refractivity contribution in [1.82, 2.24) is 0 Å². The monoisotopic (exact) mass is 128 g/mol. The Morgan fingerprint density at radius 2 is 2.22 bits per heavy atom. The molecule has 0 aromatic carbocycles. The highest BCUT2D eigenvalue weighted by atomic mass is 19.1. The zero-order valence-corrected chi connectivity index (χ0v) is 5.10. The number of hydrogen-bond acceptors (Lipinski definition) is 1. The molecule has 0 fully saturated rings. The quantitative estimate of drug-likeness (QED) is 0.572. The Morgan fingerprint density at radius 3 is 2.33 bits per heavy atom. The van der Waals surface area contributed by atoms with Gasteiger partial charge in [-0.2, -0.15) is 0 Å². The van der Waals surface area contributed by atoms with Crippen LogP contribution in [0.25, 0.3) is 0 Å². The second-order valence-electron chi connectivity index (χ2n) is 1.53. The van der Waals surface area contributed by atoms with Crippen LogP contribution in [0, 0.1) is 0 Å². The van der Waals surface area contributed by atoms with E-state index < -0.39 is 5.83 Å². The molecule has 0 aliphatic carbocycles. The van der Waals surface area contributed by atoms with Crippen molar-refractivity contribution < 1.29 is 9.50 Å². The minimum Gasteiger partial charge on any atom is -0.392 e. The Balaban J connectivity index is 4.07. The van der Waals surface area contributed by atoms with Gasteiger partial charge < -0.3 is 5.11 Å². The maximum atomic E-state index is 11.9. The van der Waals surface area contributed by atoms with Gasteiger partial charge in [0.2, 0.25) is 0 Å². The van der Waals surface area contributed by atoms with Crippen molar-refractivity contribution in [3.63, 3.8) is 0 Å². The first-order valence-electron chi connectivity index (χ1n) is 2.49. The molecule has 0 saturated heterocycles. The molecule has 0 heterocycles. The van der Waals surface area contributed by atoms with Crippen molar-refractivity contribution in [3.05, 3.63) is 36.7 Å². The summed E-state index contributed by atoms with van der Waals surface area (Å²) < 4.78 is 11.9. The van der Waals surface area contributed by atoms with E-state index in [0.717, 1.165) is 6.08 Å². The van der Waals surface area contributed by atoms with Crippen molar-refractivity contribution in [2.24, 2.45) is 0 Å². The molecule has 50 valence electrons. The van der Waals surface area contributed by atoms with Gasteiger partial charge in [0.05, 0.1) is 6.61 Å². The maximum Gasteiger partial charge on any atom is 0.116 e. The molecule has 0 aromatic rings. The lowest BCUT2D eigenvalue weighted by Gasteiger charge is -1.91. The van der Waals surface area contributed by atoms with Crippen LogP contribution >= 0.6 is 0 Å². The minimum atomic E-state index is -0.570. The van der Waals surface area contributed by atoms with Crippen LogP contribution < -0.4 is 0 Å². The number of hydrogen-bond donors (Lipinski definition) is 1. The molecule has 0 unspecified atom stereocenters. The van der Waals surface area contributed by atoms with Crippen LogP contribution in [0.4, 0.5) is 4.39 Å². The van der Waals surface area contributed by atoms with E-state index in [9.17, 15) is 4.39 Å². The maximum absolute atomic E-state index is 11.9. The number of aliphatic hydroxyl groups is 1. The summed E-state index contributed by atoms with van der Waals surface area (Å²) >= 11 is 0. The molecule has 1 nitrogen and oxygen atoms in total. The normalized spacial score (nSPS) is 11.1. The first-order chi connectivity index (χ1) is 4.20. The number of allylic oxidation sites excluding steroid dienone is 2. The average Bonchev–Trinajstić information content (AvgIpc) is 1.82. The SMILES string of the molecule is C=C/C(=C\C(=C)F)CO. The zero-order valence-electron chi connectivity index (χ0n) is 5.10. The first-order valence-corrected chi connectivity index (χ1v) is 2.49. The summed E-state index contributed by atoms with van der Waals surface area (Å²) in [6.07, 6.45) is 2.51. The van der Waals surface area contributed by atoms with Gasteiger partial charge in [0.15, 0.2) is 0 Å². The third-order valence-corrected chi connectivity index (χ3v) is 0.787. The summed E-state index contributed by atoms with van der Waals surface area (Å²) in [5.41, 5.74) is 0.433. The van der Waals surface area contributed by atoms with E-state index in [0.29, 0.717) is 5.57 Å². The van der Waals surface area contributed by atoms with Crippen LogP contribution in [0.3, 0.4) is 0 Å². The summed E-state index contributed by atoms with van der Waals surface area (Å²) in [5.74, 6) is -0.570. The number of halogens is 1. The molecule has 1 N–H and O–H groups in total. The van der Waals surface area contributed by atoms with Crippen molar-refractivity contribution in [3.8, 4) is 0 Å². The van der Waals surface area contributed by atoms with Crippen molar-refractivity contribution in [1.29, 1.82) is 0 Å². The molecule has 0 aliphatic heterocycles. The molecule has 0 rings (SSSR count). The van der Waals surface area contributed by atoms with Gasteiger partial charge in [0.1, 0.15) is 5.83 Å². The number of rotatable bonds is 3. The molecule has 0 saturated carbocycles. The predicted molar refractivity (Wildman–Crippen MR) is 35.6 cm³/mol. The zero-order chi connectivity index (χ0) is 7.28. The van der Waals surface area contributed by atoms with Gasteiger partial charge in [-0.05, 0) is 11.6 Å². The predicted octanol–water partition coefficient (Wildman–Crippen LogP) is 1.57. The van der Waals surface area contributed by atoms with Crippen LogP contribution in [-0.4, -0.2) is 11.7 Å². The smallest absolute Gasteiger partial charge is 0.116 e. The highest BCUT2D eigenvalue weighted by molar-refractivity contribution is 5.23. The highest BCUT2D eigenvalue weighted by Crippen LogP contribution is 2.00. The molecule has 2 heteroatoms. The molecule has 0 bridgehead atoms. The Bertz CT molecular complexity index is 147. The van der Waals surface area contributed by atoms with Gasteiger partial charge in [0, 0.05) is 0 Å². The van der Waals surface area contributed by atoms with Crippen molar-refractivity contribution in [2.45, 2.75) is 0 Å². The number of aliphatic hydroxyl groups excluding tert-OH is 1. The average molecular weight is 128 g/mol. The topological polar surface area (TPSA) is 20.2 Å². The first kappa shape index (κ1) is 8.11. The van der Waals surface area contributed by atoms with E-state index in [-0.39, 0.29) is 6.61 Å². The van der Waals surface area contributed by atoms with Gasteiger partial charge in [0.25, 0.3) is 0 Å². The fourth-order valence-electron chi connectivity index (χ4n) is 0.370. The molecule has 0 atom stereocenters. The minimum absolute atomic E-state index is 0.202. The molecule has 0 aliphatic rings. The molecular formula is C7H9FO. The van der Waals surface area contributed by atoms with Gasteiger partial charge in [-0.1, -0.05) is 19.2 Å². The summed E-state index contributed by atoms with van der Waals surface area (Å²) in [6, 6.07) is 0. The molecule has 0 spiro atoms. The third-order valence-electron chi connectivity index (χ3n) is 0.787. The fourth-order valence-corrected chi connectivity index (χ4v) is 0.370. The van der Waals surface area contributed by atoms with E-state index in [1.165, 1.54) is 6.08 Å². The summed E-state index contributed by atoms with van der Waals surface area (Å²) in [4.78, 5) is 0. The van der Waals surface area contributed by atoms with Gasteiger partial charge in [-0.15, -0.1) is 0 Å². The van der Waals surface area contributed by atoms with E-state index in [2.05, 4.69) is 13.2 Å². The Labute approximate surface area is 53.8 Å². The second-order valence-corrected chi connectivity index (χ2v) is 1.53. The summed E-state index contributed by atoms with van der Waals surface area (Å²) in [5, 5.41) is 8.43. The molecule has 0 aromatic heterocycles. The Hall–Kier alpha value is -0.890.